The number of rotatable bonds is 5. The molecule has 1 aliphatic rings. The van der Waals surface area contributed by atoms with Gasteiger partial charge in [-0.25, -0.2) is 4.79 Å². The van der Waals surface area contributed by atoms with E-state index >= 15 is 0 Å². The standard InChI is InChI=1S/C15H20Cl2N2O2/c1-9(8-20)19(2)15(21)18-7-10-5-13(10)12-4-3-11(16)6-14(12)17/h3-4,6,9-10,13,20H,5,7-8H2,1-2H3,(H,18,21)/t9-,10+,13+/m1/s1. The largest absolute Gasteiger partial charge is 0.394 e. The Hall–Kier alpha value is -0.970. The molecule has 2 amide bonds. The van der Waals surface area contributed by atoms with Gasteiger partial charge in [0.05, 0.1) is 12.6 Å². The Morgan fingerprint density at radius 1 is 1.52 bits per heavy atom. The number of urea groups is 1. The number of nitrogens with zero attached hydrogens (tertiary/aromatic N) is 1. The number of nitrogens with one attached hydrogen (secondary N) is 1. The molecule has 21 heavy (non-hydrogen) atoms. The van der Waals surface area contributed by atoms with Crippen LogP contribution in [0.1, 0.15) is 24.8 Å². The highest BCUT2D eigenvalue weighted by Crippen LogP contribution is 2.49. The second-order valence-electron chi connectivity index (χ2n) is 5.60. The predicted octanol–water partition coefficient (Wildman–Crippen LogP) is 3.12. The van der Waals surface area contributed by atoms with Gasteiger partial charge in [0.25, 0.3) is 0 Å². The van der Waals surface area contributed by atoms with E-state index in [1.54, 1.807) is 20.0 Å². The molecule has 4 nitrogen and oxygen atoms in total. The zero-order valence-corrected chi connectivity index (χ0v) is 13.7. The van der Waals surface area contributed by atoms with E-state index in [9.17, 15) is 4.79 Å². The predicted molar refractivity (Wildman–Crippen MR) is 85.0 cm³/mol. The molecule has 1 saturated carbocycles. The molecule has 6 heteroatoms. The summed E-state index contributed by atoms with van der Waals surface area (Å²) < 4.78 is 0. The van der Waals surface area contributed by atoms with Crippen LogP contribution in [0.4, 0.5) is 4.79 Å². The van der Waals surface area contributed by atoms with Crippen molar-refractivity contribution in [1.29, 1.82) is 0 Å². The van der Waals surface area contributed by atoms with Gasteiger partial charge in [-0.05, 0) is 42.9 Å². The van der Waals surface area contributed by atoms with Gasteiger partial charge in [-0.1, -0.05) is 29.3 Å². The number of aliphatic hydroxyl groups is 1. The molecule has 1 aliphatic carbocycles. The van der Waals surface area contributed by atoms with E-state index < -0.39 is 0 Å². The Morgan fingerprint density at radius 3 is 2.86 bits per heavy atom. The van der Waals surface area contributed by atoms with Gasteiger partial charge >= 0.3 is 6.03 Å². The molecule has 0 radical (unpaired) electrons. The van der Waals surface area contributed by atoms with Crippen LogP contribution in [0.15, 0.2) is 18.2 Å². The Labute approximate surface area is 135 Å². The van der Waals surface area contributed by atoms with Crippen molar-refractivity contribution in [2.45, 2.75) is 25.3 Å². The van der Waals surface area contributed by atoms with Gasteiger partial charge in [-0.2, -0.15) is 0 Å². The zero-order valence-electron chi connectivity index (χ0n) is 12.1. The van der Waals surface area contributed by atoms with Crippen LogP contribution in [-0.4, -0.2) is 42.3 Å². The van der Waals surface area contributed by atoms with Gasteiger partial charge in [0.15, 0.2) is 0 Å². The average molecular weight is 331 g/mol. The maximum absolute atomic E-state index is 11.9. The first-order chi connectivity index (χ1) is 9.93. The molecule has 0 heterocycles. The summed E-state index contributed by atoms with van der Waals surface area (Å²) in [5.41, 5.74) is 1.09. The van der Waals surface area contributed by atoms with E-state index in [1.165, 1.54) is 4.90 Å². The second-order valence-corrected chi connectivity index (χ2v) is 6.44. The number of benzene rings is 1. The Kier molecular flexibility index (Phi) is 5.36. The number of carbonyl (C=O) groups excluding carboxylic acids is 1. The topological polar surface area (TPSA) is 52.6 Å². The number of hydrogen-bond donors (Lipinski definition) is 2. The van der Waals surface area contributed by atoms with Crippen LogP contribution in [0.2, 0.25) is 10.0 Å². The van der Waals surface area contributed by atoms with Gasteiger partial charge in [0.2, 0.25) is 0 Å². The third kappa shape index (κ3) is 4.02. The average Bonchev–Trinajstić information content (AvgIpc) is 3.22. The van der Waals surface area contributed by atoms with Crippen molar-refractivity contribution in [3.8, 4) is 0 Å². The van der Waals surface area contributed by atoms with Crippen LogP contribution in [0.25, 0.3) is 0 Å². The molecular formula is C15H20Cl2N2O2. The minimum atomic E-state index is -0.189. The minimum absolute atomic E-state index is 0.0453. The third-order valence-electron chi connectivity index (χ3n) is 4.05. The summed E-state index contributed by atoms with van der Waals surface area (Å²) in [4.78, 5) is 13.4. The summed E-state index contributed by atoms with van der Waals surface area (Å²) in [6, 6.07) is 5.20. The van der Waals surface area contributed by atoms with Crippen LogP contribution < -0.4 is 5.32 Å². The normalized spacial score (nSPS) is 21.8. The first-order valence-corrected chi connectivity index (χ1v) is 7.76. The minimum Gasteiger partial charge on any atom is -0.394 e. The zero-order chi connectivity index (χ0) is 15.6. The lowest BCUT2D eigenvalue weighted by Gasteiger charge is -2.23. The van der Waals surface area contributed by atoms with Gasteiger partial charge in [-0.3, -0.25) is 0 Å². The fourth-order valence-corrected chi connectivity index (χ4v) is 2.87. The van der Waals surface area contributed by atoms with E-state index in [2.05, 4.69) is 5.32 Å². The molecule has 116 valence electrons. The number of aliphatic hydroxyl groups excluding tert-OH is 1. The SMILES string of the molecule is C[C@H](CO)N(C)C(=O)NC[C@@H]1C[C@@H]1c1ccc(Cl)cc1Cl. The van der Waals surface area contributed by atoms with Crippen molar-refractivity contribution in [3.05, 3.63) is 33.8 Å². The van der Waals surface area contributed by atoms with E-state index in [1.807, 2.05) is 12.1 Å². The number of hydrogen-bond acceptors (Lipinski definition) is 2. The van der Waals surface area contributed by atoms with Crippen molar-refractivity contribution in [3.63, 3.8) is 0 Å². The quantitative estimate of drug-likeness (QED) is 0.871. The number of likely N-dealkylation sites (N-methyl/N-ethyl adjacent to an activating group) is 1. The summed E-state index contributed by atoms with van der Waals surface area (Å²) in [7, 11) is 1.68. The Morgan fingerprint density at radius 2 is 2.24 bits per heavy atom. The Balaban J connectivity index is 1.83. The van der Waals surface area contributed by atoms with Crippen molar-refractivity contribution >= 4 is 29.2 Å². The van der Waals surface area contributed by atoms with Gasteiger partial charge in [0.1, 0.15) is 0 Å². The number of halogens is 2. The molecule has 0 spiro atoms. The molecule has 1 aromatic rings. The molecule has 0 saturated heterocycles. The molecule has 1 aromatic carbocycles. The number of carbonyl (C=O) groups is 1. The van der Waals surface area contributed by atoms with E-state index in [4.69, 9.17) is 28.3 Å². The molecule has 0 aliphatic heterocycles. The lowest BCUT2D eigenvalue weighted by molar-refractivity contribution is 0.157. The van der Waals surface area contributed by atoms with Gasteiger partial charge < -0.3 is 15.3 Å². The third-order valence-corrected chi connectivity index (χ3v) is 4.61. The fraction of sp³-hybridized carbons (Fsp3) is 0.533. The summed E-state index contributed by atoms with van der Waals surface area (Å²) in [5, 5.41) is 13.3. The molecule has 3 atom stereocenters. The maximum atomic E-state index is 11.9. The Bertz CT molecular complexity index is 524. The van der Waals surface area contributed by atoms with Crippen molar-refractivity contribution in [2.24, 2.45) is 5.92 Å². The van der Waals surface area contributed by atoms with Crippen molar-refractivity contribution in [1.82, 2.24) is 10.2 Å². The van der Waals surface area contributed by atoms with Crippen LogP contribution in [0, 0.1) is 5.92 Å². The molecular weight excluding hydrogens is 311 g/mol. The van der Waals surface area contributed by atoms with Crippen LogP contribution >= 0.6 is 23.2 Å². The molecule has 0 aromatic heterocycles. The summed E-state index contributed by atoms with van der Waals surface area (Å²) in [6.07, 6.45) is 1.01. The molecule has 1 fully saturated rings. The lowest BCUT2D eigenvalue weighted by Crippen LogP contribution is -2.44. The highest BCUT2D eigenvalue weighted by Gasteiger charge is 2.39. The highest BCUT2D eigenvalue weighted by atomic mass is 35.5. The second kappa shape index (κ2) is 6.86. The van der Waals surface area contributed by atoms with Crippen molar-refractivity contribution in [2.75, 3.05) is 20.2 Å². The van der Waals surface area contributed by atoms with E-state index in [0.717, 1.165) is 12.0 Å². The molecule has 0 unspecified atom stereocenters. The van der Waals surface area contributed by atoms with Gasteiger partial charge in [0, 0.05) is 23.6 Å². The first-order valence-electron chi connectivity index (χ1n) is 7.00. The molecule has 2 rings (SSSR count). The van der Waals surface area contributed by atoms with Crippen LogP contribution in [-0.2, 0) is 0 Å². The number of amides is 2. The summed E-state index contributed by atoms with van der Waals surface area (Å²) >= 11 is 12.1. The summed E-state index contributed by atoms with van der Waals surface area (Å²) in [6.45, 7) is 2.37. The smallest absolute Gasteiger partial charge is 0.317 e. The van der Waals surface area contributed by atoms with Crippen molar-refractivity contribution < 1.29 is 9.90 Å². The lowest BCUT2D eigenvalue weighted by atomic mass is 10.1. The first kappa shape index (κ1) is 16.4. The molecule has 2 N–H and O–H groups in total. The van der Waals surface area contributed by atoms with Gasteiger partial charge in [-0.15, -0.1) is 0 Å². The summed E-state index contributed by atoms with van der Waals surface area (Å²) in [5.74, 6) is 0.793. The highest BCUT2D eigenvalue weighted by molar-refractivity contribution is 6.35. The van der Waals surface area contributed by atoms with Crippen LogP contribution in [0.5, 0.6) is 0 Å². The van der Waals surface area contributed by atoms with Crippen LogP contribution in [0.3, 0.4) is 0 Å². The molecule has 0 bridgehead atoms. The monoisotopic (exact) mass is 330 g/mol. The maximum Gasteiger partial charge on any atom is 0.317 e. The van der Waals surface area contributed by atoms with E-state index in [-0.39, 0.29) is 18.7 Å². The fourth-order valence-electron chi connectivity index (χ4n) is 2.32. The van der Waals surface area contributed by atoms with E-state index in [0.29, 0.717) is 28.4 Å².